The summed E-state index contributed by atoms with van der Waals surface area (Å²) < 4.78 is 32.7. The second-order valence-electron chi connectivity index (χ2n) is 7.83. The van der Waals surface area contributed by atoms with Gasteiger partial charge in [-0.2, -0.15) is 0 Å². The molecule has 4 aliphatic rings. The standard InChI is InChI=1S/C25H16N2O7S/c28-24-23(8-14-1-4-17-20(7-14)32-11-29-17)35-25(26-15-2-5-18-21(9-15)33-12-30-18)27(24)16-3-6-19-22(10-16)34-13-31-19/h1-10H,11-13H2. The van der Waals surface area contributed by atoms with E-state index in [0.717, 1.165) is 5.56 Å². The third-order valence-corrected chi connectivity index (χ3v) is 6.66. The first-order valence-electron chi connectivity index (χ1n) is 10.7. The second-order valence-corrected chi connectivity index (χ2v) is 8.84. The topological polar surface area (TPSA) is 88.1 Å². The van der Waals surface area contributed by atoms with Crippen molar-refractivity contribution < 1.29 is 33.2 Å². The van der Waals surface area contributed by atoms with E-state index in [4.69, 9.17) is 33.4 Å². The Kier molecular flexibility index (Phi) is 4.52. The van der Waals surface area contributed by atoms with E-state index in [-0.39, 0.29) is 26.3 Å². The van der Waals surface area contributed by atoms with E-state index in [2.05, 4.69) is 0 Å². The lowest BCUT2D eigenvalue weighted by Crippen LogP contribution is -2.28. The lowest BCUT2D eigenvalue weighted by atomic mass is 10.2. The molecule has 0 atom stereocenters. The quantitative estimate of drug-likeness (QED) is 0.491. The summed E-state index contributed by atoms with van der Waals surface area (Å²) in [5, 5.41) is 0.500. The van der Waals surface area contributed by atoms with E-state index in [1.807, 2.05) is 36.4 Å². The van der Waals surface area contributed by atoms with E-state index in [1.54, 1.807) is 29.2 Å². The van der Waals surface area contributed by atoms with Crippen LogP contribution in [0.2, 0.25) is 0 Å². The fraction of sp³-hybridized carbons (Fsp3) is 0.120. The molecule has 1 amide bonds. The molecule has 0 spiro atoms. The van der Waals surface area contributed by atoms with Gasteiger partial charge in [0, 0.05) is 12.1 Å². The van der Waals surface area contributed by atoms with Crippen LogP contribution in [-0.2, 0) is 4.79 Å². The minimum Gasteiger partial charge on any atom is -0.454 e. The van der Waals surface area contributed by atoms with Crippen LogP contribution in [0.25, 0.3) is 6.08 Å². The molecule has 3 aromatic rings. The first-order valence-corrected chi connectivity index (χ1v) is 11.5. The fourth-order valence-electron chi connectivity index (χ4n) is 4.02. The molecule has 1 saturated heterocycles. The summed E-state index contributed by atoms with van der Waals surface area (Å²) in [6.45, 7) is 0.510. The SMILES string of the molecule is O=C1C(=Cc2ccc3c(c2)OCO3)SC(=Nc2ccc3c(c2)OCO3)N1c1ccc2c(c1)OCO2. The first-order chi connectivity index (χ1) is 17.2. The maximum absolute atomic E-state index is 13.6. The Labute approximate surface area is 203 Å². The summed E-state index contributed by atoms with van der Waals surface area (Å²) in [6.07, 6.45) is 1.82. The number of fused-ring (bicyclic) bond motifs is 3. The van der Waals surface area contributed by atoms with Crippen molar-refractivity contribution in [2.75, 3.05) is 25.3 Å². The molecular weight excluding hydrogens is 472 g/mol. The van der Waals surface area contributed by atoms with Gasteiger partial charge in [0.2, 0.25) is 20.4 Å². The number of anilines is 1. The van der Waals surface area contributed by atoms with Crippen LogP contribution in [0.5, 0.6) is 34.5 Å². The summed E-state index contributed by atoms with van der Waals surface area (Å²) >= 11 is 1.28. The predicted octanol–water partition coefficient (Wildman–Crippen LogP) is 4.68. The number of amidine groups is 1. The van der Waals surface area contributed by atoms with Gasteiger partial charge in [-0.15, -0.1) is 0 Å². The number of nitrogens with zero attached hydrogens (tertiary/aromatic N) is 2. The van der Waals surface area contributed by atoms with E-state index < -0.39 is 0 Å². The first kappa shape index (κ1) is 20.1. The highest BCUT2D eigenvalue weighted by molar-refractivity contribution is 8.19. The third kappa shape index (κ3) is 3.50. The third-order valence-electron chi connectivity index (χ3n) is 5.70. The molecular formula is C25H16N2O7S. The van der Waals surface area contributed by atoms with Crippen molar-refractivity contribution in [1.29, 1.82) is 0 Å². The number of hydrogen-bond donors (Lipinski definition) is 0. The van der Waals surface area contributed by atoms with Crippen LogP contribution in [-0.4, -0.2) is 31.5 Å². The smallest absolute Gasteiger partial charge is 0.271 e. The second kappa shape index (κ2) is 7.88. The highest BCUT2D eigenvalue weighted by Crippen LogP contribution is 2.43. The van der Waals surface area contributed by atoms with Gasteiger partial charge < -0.3 is 28.4 Å². The number of carbonyl (C=O) groups is 1. The molecule has 1 fully saturated rings. The molecule has 0 aliphatic carbocycles. The average molecular weight is 488 g/mol. The number of aliphatic imine (C=N–C) groups is 1. The molecule has 0 radical (unpaired) electrons. The van der Waals surface area contributed by atoms with Crippen LogP contribution < -0.4 is 33.3 Å². The van der Waals surface area contributed by atoms with Gasteiger partial charge >= 0.3 is 0 Å². The summed E-state index contributed by atoms with van der Waals surface area (Å²) in [6, 6.07) is 16.3. The molecule has 0 N–H and O–H groups in total. The number of amides is 1. The van der Waals surface area contributed by atoms with Gasteiger partial charge in [-0.1, -0.05) is 6.07 Å². The van der Waals surface area contributed by atoms with Crippen LogP contribution in [0.15, 0.2) is 64.5 Å². The fourth-order valence-corrected chi connectivity index (χ4v) is 5.02. The molecule has 10 heteroatoms. The van der Waals surface area contributed by atoms with Crippen molar-refractivity contribution in [3.05, 3.63) is 65.1 Å². The van der Waals surface area contributed by atoms with Gasteiger partial charge in [0.15, 0.2) is 39.7 Å². The average Bonchev–Trinajstić information content (AvgIpc) is 3.66. The van der Waals surface area contributed by atoms with Crippen LogP contribution in [0.4, 0.5) is 11.4 Å². The molecule has 4 aliphatic heterocycles. The van der Waals surface area contributed by atoms with Gasteiger partial charge in [-0.3, -0.25) is 9.69 Å². The van der Waals surface area contributed by atoms with Crippen LogP contribution >= 0.6 is 11.8 Å². The highest BCUT2D eigenvalue weighted by Gasteiger charge is 2.36. The van der Waals surface area contributed by atoms with E-state index in [1.165, 1.54) is 11.8 Å². The number of ether oxygens (including phenoxy) is 6. The van der Waals surface area contributed by atoms with Gasteiger partial charge in [-0.25, -0.2) is 4.99 Å². The molecule has 0 saturated carbocycles. The Morgan fingerprint density at radius 3 is 2.06 bits per heavy atom. The van der Waals surface area contributed by atoms with E-state index in [9.17, 15) is 4.79 Å². The zero-order valence-electron chi connectivity index (χ0n) is 18.1. The molecule has 35 heavy (non-hydrogen) atoms. The summed E-state index contributed by atoms with van der Waals surface area (Å²) in [5.41, 5.74) is 2.08. The molecule has 9 nitrogen and oxygen atoms in total. The van der Waals surface area contributed by atoms with Gasteiger partial charge in [0.05, 0.1) is 16.3 Å². The largest absolute Gasteiger partial charge is 0.454 e. The molecule has 0 unspecified atom stereocenters. The zero-order valence-corrected chi connectivity index (χ0v) is 18.9. The predicted molar refractivity (Wildman–Crippen MR) is 128 cm³/mol. The van der Waals surface area contributed by atoms with E-state index >= 15 is 0 Å². The maximum Gasteiger partial charge on any atom is 0.271 e. The zero-order chi connectivity index (χ0) is 23.4. The monoisotopic (exact) mass is 488 g/mol. The highest BCUT2D eigenvalue weighted by atomic mass is 32.2. The van der Waals surface area contributed by atoms with Gasteiger partial charge in [-0.05, 0) is 59.8 Å². The minimum absolute atomic E-state index is 0.148. The molecule has 4 heterocycles. The number of thioether (sulfide) groups is 1. The van der Waals surface area contributed by atoms with Crippen molar-refractivity contribution in [1.82, 2.24) is 0 Å². The lowest BCUT2D eigenvalue weighted by molar-refractivity contribution is -0.113. The Bertz CT molecular complexity index is 1450. The van der Waals surface area contributed by atoms with Crippen molar-refractivity contribution in [3.63, 3.8) is 0 Å². The van der Waals surface area contributed by atoms with Crippen LogP contribution in [0.1, 0.15) is 5.56 Å². The van der Waals surface area contributed by atoms with Crippen LogP contribution in [0, 0.1) is 0 Å². The minimum atomic E-state index is -0.203. The van der Waals surface area contributed by atoms with Gasteiger partial charge in [0.25, 0.3) is 5.91 Å². The summed E-state index contributed by atoms with van der Waals surface area (Å²) in [5.74, 6) is 3.63. The lowest BCUT2D eigenvalue weighted by Gasteiger charge is -2.16. The number of rotatable bonds is 3. The maximum atomic E-state index is 13.6. The Hall–Kier alpha value is -4.31. The van der Waals surface area contributed by atoms with Gasteiger partial charge in [0.1, 0.15) is 0 Å². The van der Waals surface area contributed by atoms with E-state index in [0.29, 0.717) is 55.9 Å². The Balaban J connectivity index is 1.29. The summed E-state index contributed by atoms with van der Waals surface area (Å²) in [4.78, 5) is 20.5. The van der Waals surface area contributed by atoms with Crippen molar-refractivity contribution in [2.45, 2.75) is 0 Å². The summed E-state index contributed by atoms with van der Waals surface area (Å²) in [7, 11) is 0. The molecule has 174 valence electrons. The number of hydrogen-bond acceptors (Lipinski definition) is 9. The van der Waals surface area contributed by atoms with Crippen LogP contribution in [0.3, 0.4) is 0 Å². The number of carbonyl (C=O) groups excluding carboxylic acids is 1. The van der Waals surface area contributed by atoms with Crippen molar-refractivity contribution in [3.8, 4) is 34.5 Å². The normalized spacial score (nSPS) is 19.3. The molecule has 3 aromatic carbocycles. The van der Waals surface area contributed by atoms with Crippen molar-refractivity contribution in [2.24, 2.45) is 4.99 Å². The number of benzene rings is 3. The molecule has 0 bridgehead atoms. The Morgan fingerprint density at radius 2 is 1.31 bits per heavy atom. The Morgan fingerprint density at radius 1 is 0.714 bits per heavy atom. The molecule has 7 rings (SSSR count). The van der Waals surface area contributed by atoms with Crippen molar-refractivity contribution >= 4 is 40.3 Å². The molecule has 0 aromatic heterocycles.